The Bertz CT molecular complexity index is 534. The van der Waals surface area contributed by atoms with Crippen LogP contribution in [0.15, 0.2) is 10.9 Å². The molecule has 0 atom stereocenters. The molecular formula is C12H14N4S. The first-order valence-electron chi connectivity index (χ1n) is 5.74. The van der Waals surface area contributed by atoms with Gasteiger partial charge in [0.05, 0.1) is 16.9 Å². The van der Waals surface area contributed by atoms with Gasteiger partial charge >= 0.3 is 0 Å². The third-order valence-corrected chi connectivity index (χ3v) is 3.51. The molecule has 88 valence electrons. The second-order valence-corrected chi connectivity index (χ2v) is 5.21. The Kier molecular flexibility index (Phi) is 2.64. The van der Waals surface area contributed by atoms with Crippen molar-refractivity contribution in [2.75, 3.05) is 0 Å². The normalized spacial score (nSPS) is 14.3. The van der Waals surface area contributed by atoms with Crippen molar-refractivity contribution in [1.29, 1.82) is 0 Å². The summed E-state index contributed by atoms with van der Waals surface area (Å²) in [5, 5.41) is 5.33. The summed E-state index contributed by atoms with van der Waals surface area (Å²) in [4.78, 5) is 13.6. The summed E-state index contributed by atoms with van der Waals surface area (Å²) in [5.74, 6) is 1.18. The van der Waals surface area contributed by atoms with Crippen molar-refractivity contribution in [3.05, 3.63) is 27.8 Å². The highest BCUT2D eigenvalue weighted by molar-refractivity contribution is 7.07. The molecule has 17 heavy (non-hydrogen) atoms. The molecule has 1 aliphatic heterocycles. The lowest BCUT2D eigenvalue weighted by Crippen LogP contribution is -2.05. The Labute approximate surface area is 104 Å². The number of aromatic nitrogens is 3. The van der Waals surface area contributed by atoms with Gasteiger partial charge in [-0.25, -0.2) is 15.0 Å². The summed E-state index contributed by atoms with van der Waals surface area (Å²) in [6.07, 6.45) is 0. The van der Waals surface area contributed by atoms with Gasteiger partial charge < -0.3 is 5.32 Å². The molecule has 0 unspecified atom stereocenters. The third kappa shape index (κ3) is 1.85. The van der Waals surface area contributed by atoms with Crippen molar-refractivity contribution < 1.29 is 0 Å². The summed E-state index contributed by atoms with van der Waals surface area (Å²) in [7, 11) is 0. The summed E-state index contributed by atoms with van der Waals surface area (Å²) >= 11 is 1.58. The SMILES string of the molecule is CC(C)c1nc(-c2cscn2)nc2c1CNC2. The number of thiazole rings is 1. The van der Waals surface area contributed by atoms with Crippen LogP contribution in [0.25, 0.3) is 11.5 Å². The molecule has 4 nitrogen and oxygen atoms in total. The van der Waals surface area contributed by atoms with Crippen molar-refractivity contribution in [3.63, 3.8) is 0 Å². The fourth-order valence-corrected chi connectivity index (χ4v) is 2.64. The number of fused-ring (bicyclic) bond motifs is 1. The minimum atomic E-state index is 0.420. The van der Waals surface area contributed by atoms with Crippen molar-refractivity contribution in [2.45, 2.75) is 32.9 Å². The maximum Gasteiger partial charge on any atom is 0.179 e. The quantitative estimate of drug-likeness (QED) is 0.883. The van der Waals surface area contributed by atoms with Crippen LogP contribution in [0.1, 0.15) is 36.7 Å². The topological polar surface area (TPSA) is 50.7 Å². The van der Waals surface area contributed by atoms with Gasteiger partial charge in [-0.05, 0) is 5.92 Å². The highest BCUT2D eigenvalue weighted by atomic mass is 32.1. The van der Waals surface area contributed by atoms with Gasteiger partial charge in [-0.2, -0.15) is 0 Å². The molecule has 0 amide bonds. The number of rotatable bonds is 2. The molecule has 1 N–H and O–H groups in total. The Balaban J connectivity index is 2.16. The molecule has 0 bridgehead atoms. The van der Waals surface area contributed by atoms with E-state index in [2.05, 4.69) is 34.1 Å². The molecule has 0 saturated carbocycles. The van der Waals surface area contributed by atoms with Crippen LogP contribution in [-0.2, 0) is 13.1 Å². The van der Waals surface area contributed by atoms with E-state index < -0.39 is 0 Å². The van der Waals surface area contributed by atoms with E-state index in [1.54, 1.807) is 11.3 Å². The molecule has 2 aromatic heterocycles. The Morgan fingerprint density at radius 2 is 2.18 bits per heavy atom. The molecule has 2 aromatic rings. The van der Waals surface area contributed by atoms with E-state index in [4.69, 9.17) is 0 Å². The summed E-state index contributed by atoms with van der Waals surface area (Å²) in [5.41, 5.74) is 6.26. The van der Waals surface area contributed by atoms with Crippen LogP contribution in [0.4, 0.5) is 0 Å². The van der Waals surface area contributed by atoms with E-state index in [1.165, 1.54) is 5.56 Å². The Morgan fingerprint density at radius 1 is 1.29 bits per heavy atom. The molecule has 3 rings (SSSR count). The van der Waals surface area contributed by atoms with E-state index in [9.17, 15) is 0 Å². The van der Waals surface area contributed by atoms with Crippen molar-refractivity contribution in [1.82, 2.24) is 20.3 Å². The molecule has 0 fully saturated rings. The van der Waals surface area contributed by atoms with Crippen LogP contribution in [0.2, 0.25) is 0 Å². The zero-order chi connectivity index (χ0) is 11.8. The lowest BCUT2D eigenvalue weighted by Gasteiger charge is -2.11. The number of nitrogens with one attached hydrogen (secondary N) is 1. The van der Waals surface area contributed by atoms with Gasteiger partial charge in [-0.15, -0.1) is 11.3 Å². The number of nitrogens with zero attached hydrogens (tertiary/aromatic N) is 3. The van der Waals surface area contributed by atoms with Crippen LogP contribution in [-0.4, -0.2) is 15.0 Å². The molecule has 0 aliphatic carbocycles. The van der Waals surface area contributed by atoms with Gasteiger partial charge in [0.1, 0.15) is 5.69 Å². The third-order valence-electron chi connectivity index (χ3n) is 2.93. The second-order valence-electron chi connectivity index (χ2n) is 4.49. The first-order chi connectivity index (χ1) is 8.25. The van der Waals surface area contributed by atoms with E-state index >= 15 is 0 Å². The number of hydrogen-bond donors (Lipinski definition) is 1. The molecular weight excluding hydrogens is 232 g/mol. The molecule has 0 radical (unpaired) electrons. The Hall–Kier alpha value is -1.33. The van der Waals surface area contributed by atoms with Crippen molar-refractivity contribution >= 4 is 11.3 Å². The number of hydrogen-bond acceptors (Lipinski definition) is 5. The predicted molar refractivity (Wildman–Crippen MR) is 67.8 cm³/mol. The highest BCUT2D eigenvalue weighted by Crippen LogP contribution is 2.26. The van der Waals surface area contributed by atoms with Gasteiger partial charge in [0.2, 0.25) is 0 Å². The molecule has 1 aliphatic rings. The average molecular weight is 246 g/mol. The van der Waals surface area contributed by atoms with E-state index in [0.29, 0.717) is 5.92 Å². The smallest absolute Gasteiger partial charge is 0.179 e. The minimum absolute atomic E-state index is 0.420. The van der Waals surface area contributed by atoms with E-state index in [-0.39, 0.29) is 0 Å². The molecule has 5 heteroatoms. The van der Waals surface area contributed by atoms with Crippen LogP contribution in [0.3, 0.4) is 0 Å². The van der Waals surface area contributed by atoms with Gasteiger partial charge in [0.15, 0.2) is 5.82 Å². The van der Waals surface area contributed by atoms with Crippen molar-refractivity contribution in [2.24, 2.45) is 0 Å². The minimum Gasteiger partial charge on any atom is -0.307 e. The predicted octanol–water partition coefficient (Wildman–Crippen LogP) is 2.33. The first-order valence-corrected chi connectivity index (χ1v) is 6.69. The zero-order valence-electron chi connectivity index (χ0n) is 9.90. The fraction of sp³-hybridized carbons (Fsp3) is 0.417. The van der Waals surface area contributed by atoms with Crippen molar-refractivity contribution in [3.8, 4) is 11.5 Å². The standard InChI is InChI=1S/C12H14N4S/c1-7(2)11-8-3-13-4-9(8)15-12(16-11)10-5-17-6-14-10/h5-7,13H,3-4H2,1-2H3. The van der Waals surface area contributed by atoms with Crippen LogP contribution in [0.5, 0.6) is 0 Å². The summed E-state index contributed by atoms with van der Waals surface area (Å²) in [6, 6.07) is 0. The molecule has 0 saturated heterocycles. The molecule has 0 aromatic carbocycles. The summed E-state index contributed by atoms with van der Waals surface area (Å²) < 4.78 is 0. The van der Waals surface area contributed by atoms with Gasteiger partial charge in [-0.1, -0.05) is 13.8 Å². The fourth-order valence-electron chi connectivity index (χ4n) is 2.11. The Morgan fingerprint density at radius 3 is 2.88 bits per heavy atom. The highest BCUT2D eigenvalue weighted by Gasteiger charge is 2.21. The summed E-state index contributed by atoms with van der Waals surface area (Å²) in [6.45, 7) is 6.08. The van der Waals surface area contributed by atoms with E-state index in [1.807, 2.05) is 10.9 Å². The lowest BCUT2D eigenvalue weighted by molar-refractivity contribution is 0.746. The maximum atomic E-state index is 4.68. The van der Waals surface area contributed by atoms with E-state index in [0.717, 1.165) is 36.0 Å². The van der Waals surface area contributed by atoms with Crippen LogP contribution < -0.4 is 5.32 Å². The monoisotopic (exact) mass is 246 g/mol. The van der Waals surface area contributed by atoms with Crippen LogP contribution >= 0.6 is 11.3 Å². The van der Waals surface area contributed by atoms with Gasteiger partial charge in [-0.3, -0.25) is 0 Å². The second kappa shape index (κ2) is 4.16. The average Bonchev–Trinajstić information content (AvgIpc) is 2.98. The van der Waals surface area contributed by atoms with Gasteiger partial charge in [0.25, 0.3) is 0 Å². The molecule has 0 spiro atoms. The van der Waals surface area contributed by atoms with Gasteiger partial charge in [0, 0.05) is 24.0 Å². The first kappa shape index (κ1) is 10.8. The van der Waals surface area contributed by atoms with Crippen LogP contribution in [0, 0.1) is 0 Å². The maximum absolute atomic E-state index is 4.68. The zero-order valence-corrected chi connectivity index (χ0v) is 10.7. The largest absolute Gasteiger partial charge is 0.307 e. The molecule has 3 heterocycles. The lowest BCUT2D eigenvalue weighted by atomic mass is 10.0.